The second-order valence-corrected chi connectivity index (χ2v) is 3.06. The lowest BCUT2D eigenvalue weighted by atomic mass is 10.4. The minimum absolute atomic E-state index is 0.809. The Morgan fingerprint density at radius 3 is 2.83 bits per heavy atom. The molecule has 12 heavy (non-hydrogen) atoms. The lowest BCUT2D eigenvalue weighted by molar-refractivity contribution is 0.211. The highest BCUT2D eigenvalue weighted by molar-refractivity contribution is 5.16. The van der Waals surface area contributed by atoms with E-state index in [1.807, 2.05) is 25.2 Å². The van der Waals surface area contributed by atoms with E-state index >= 15 is 0 Å². The van der Waals surface area contributed by atoms with Crippen molar-refractivity contribution in [3.05, 3.63) is 36.6 Å². The molecule has 0 unspecified atom stereocenters. The van der Waals surface area contributed by atoms with Crippen molar-refractivity contribution in [2.24, 2.45) is 5.92 Å². The van der Waals surface area contributed by atoms with Crippen LogP contribution < -0.4 is 0 Å². The van der Waals surface area contributed by atoms with Crippen molar-refractivity contribution in [3.8, 4) is 0 Å². The van der Waals surface area contributed by atoms with E-state index in [9.17, 15) is 0 Å². The molecule has 1 nitrogen and oxygen atoms in total. The number of hydrogen-bond acceptors (Lipinski definition) is 1. The average molecular weight is 164 g/mol. The fourth-order valence-electron chi connectivity index (χ4n) is 0.931. The molecule has 1 aliphatic carbocycles. The van der Waals surface area contributed by atoms with Crippen molar-refractivity contribution < 1.29 is 4.74 Å². The van der Waals surface area contributed by atoms with Crippen LogP contribution in [0.25, 0.3) is 0 Å². The van der Waals surface area contributed by atoms with Gasteiger partial charge in [-0.25, -0.2) is 0 Å². The first-order valence-corrected chi connectivity index (χ1v) is 4.45. The van der Waals surface area contributed by atoms with E-state index in [0.29, 0.717) is 0 Å². The van der Waals surface area contributed by atoms with E-state index in [2.05, 4.69) is 6.58 Å². The molecule has 1 fully saturated rings. The smallest absolute Gasteiger partial charge is 0.118 e. The molecule has 0 aromatic carbocycles. The summed E-state index contributed by atoms with van der Waals surface area (Å²) in [6.45, 7) is 6.48. The molecule has 1 heteroatoms. The van der Waals surface area contributed by atoms with Gasteiger partial charge in [0.2, 0.25) is 0 Å². The van der Waals surface area contributed by atoms with Crippen LogP contribution in [0.2, 0.25) is 0 Å². The van der Waals surface area contributed by atoms with Gasteiger partial charge in [0, 0.05) is 0 Å². The highest BCUT2D eigenvalue weighted by Gasteiger charge is 2.21. The summed E-state index contributed by atoms with van der Waals surface area (Å²) in [5.74, 6) is 1.72. The van der Waals surface area contributed by atoms with Gasteiger partial charge < -0.3 is 4.74 Å². The van der Waals surface area contributed by atoms with Crippen LogP contribution >= 0.6 is 0 Å². The number of hydrogen-bond donors (Lipinski definition) is 0. The van der Waals surface area contributed by atoms with Crippen LogP contribution in [-0.4, -0.2) is 6.61 Å². The first kappa shape index (κ1) is 9.11. The minimum atomic E-state index is 0.809. The molecule has 0 aromatic heterocycles. The van der Waals surface area contributed by atoms with Gasteiger partial charge in [-0.1, -0.05) is 18.7 Å². The van der Waals surface area contributed by atoms with Crippen LogP contribution in [0.5, 0.6) is 0 Å². The summed E-state index contributed by atoms with van der Waals surface area (Å²) >= 11 is 0. The van der Waals surface area contributed by atoms with Gasteiger partial charge >= 0.3 is 0 Å². The molecule has 0 spiro atoms. The third kappa shape index (κ3) is 3.42. The van der Waals surface area contributed by atoms with E-state index in [0.717, 1.165) is 18.3 Å². The SMILES string of the molecule is C=CC=C(C=CC)OCC1CC1. The van der Waals surface area contributed by atoms with E-state index < -0.39 is 0 Å². The summed E-state index contributed by atoms with van der Waals surface area (Å²) in [6, 6.07) is 0. The Morgan fingerprint density at radius 1 is 1.58 bits per heavy atom. The van der Waals surface area contributed by atoms with Crippen LogP contribution in [0, 0.1) is 5.92 Å². The van der Waals surface area contributed by atoms with Gasteiger partial charge in [0.05, 0.1) is 6.61 Å². The van der Waals surface area contributed by atoms with Crippen LogP contribution in [0.3, 0.4) is 0 Å². The quantitative estimate of drug-likeness (QED) is 0.448. The lowest BCUT2D eigenvalue weighted by Gasteiger charge is -2.04. The zero-order valence-electron chi connectivity index (χ0n) is 7.62. The summed E-state index contributed by atoms with van der Waals surface area (Å²) in [5, 5.41) is 0. The van der Waals surface area contributed by atoms with Crippen LogP contribution in [-0.2, 0) is 4.74 Å². The molecule has 0 aromatic rings. The van der Waals surface area contributed by atoms with Gasteiger partial charge in [0.15, 0.2) is 0 Å². The standard InChI is InChI=1S/C11H16O/c1-3-5-11(6-4-2)12-9-10-7-8-10/h3-6,10H,1,7-9H2,2H3. The monoisotopic (exact) mass is 164 g/mol. The molecule has 1 saturated carbocycles. The summed E-state index contributed by atoms with van der Waals surface area (Å²) in [6.07, 6.45) is 10.2. The van der Waals surface area contributed by atoms with Crippen molar-refractivity contribution in [2.75, 3.05) is 6.61 Å². The van der Waals surface area contributed by atoms with Gasteiger partial charge in [-0.05, 0) is 37.8 Å². The zero-order chi connectivity index (χ0) is 8.81. The van der Waals surface area contributed by atoms with E-state index in [1.54, 1.807) is 6.08 Å². The zero-order valence-corrected chi connectivity index (χ0v) is 7.62. The van der Waals surface area contributed by atoms with Crippen LogP contribution in [0.15, 0.2) is 36.6 Å². The molecule has 0 heterocycles. The van der Waals surface area contributed by atoms with Crippen molar-refractivity contribution in [1.29, 1.82) is 0 Å². The summed E-state index contributed by atoms with van der Waals surface area (Å²) in [7, 11) is 0. The maximum atomic E-state index is 5.55. The first-order chi connectivity index (χ1) is 5.86. The molecule has 0 amide bonds. The molecular weight excluding hydrogens is 148 g/mol. The Kier molecular flexibility index (Phi) is 3.65. The Labute approximate surface area is 74.4 Å². The number of allylic oxidation sites excluding steroid dienone is 4. The fraction of sp³-hybridized carbons (Fsp3) is 0.455. The summed E-state index contributed by atoms with van der Waals surface area (Å²) in [4.78, 5) is 0. The van der Waals surface area contributed by atoms with E-state index in [1.165, 1.54) is 12.8 Å². The molecule has 0 radical (unpaired) electrons. The maximum Gasteiger partial charge on any atom is 0.118 e. The first-order valence-electron chi connectivity index (χ1n) is 4.45. The average Bonchev–Trinajstić information content (AvgIpc) is 2.84. The van der Waals surface area contributed by atoms with Crippen molar-refractivity contribution in [2.45, 2.75) is 19.8 Å². The van der Waals surface area contributed by atoms with Gasteiger partial charge in [-0.3, -0.25) is 0 Å². The van der Waals surface area contributed by atoms with E-state index in [-0.39, 0.29) is 0 Å². The van der Waals surface area contributed by atoms with Crippen molar-refractivity contribution >= 4 is 0 Å². The van der Waals surface area contributed by atoms with Crippen molar-refractivity contribution in [3.63, 3.8) is 0 Å². The van der Waals surface area contributed by atoms with Gasteiger partial charge in [-0.15, -0.1) is 0 Å². The Hall–Kier alpha value is -0.980. The van der Waals surface area contributed by atoms with Gasteiger partial charge in [0.1, 0.15) is 5.76 Å². The molecule has 0 atom stereocenters. The predicted octanol–water partition coefficient (Wildman–Crippen LogP) is 3.06. The molecule has 0 N–H and O–H groups in total. The van der Waals surface area contributed by atoms with Gasteiger partial charge in [-0.2, -0.15) is 0 Å². The lowest BCUT2D eigenvalue weighted by Crippen LogP contribution is -1.94. The topological polar surface area (TPSA) is 9.23 Å². The molecule has 66 valence electrons. The molecule has 0 bridgehead atoms. The number of ether oxygens (including phenoxy) is 1. The second kappa shape index (κ2) is 4.81. The predicted molar refractivity (Wildman–Crippen MR) is 51.8 cm³/mol. The number of rotatable bonds is 5. The molecule has 0 saturated heterocycles. The molecular formula is C11H16O. The van der Waals surface area contributed by atoms with Crippen LogP contribution in [0.1, 0.15) is 19.8 Å². The summed E-state index contributed by atoms with van der Waals surface area (Å²) in [5.41, 5.74) is 0. The van der Waals surface area contributed by atoms with Gasteiger partial charge in [0.25, 0.3) is 0 Å². The van der Waals surface area contributed by atoms with Crippen LogP contribution in [0.4, 0.5) is 0 Å². The minimum Gasteiger partial charge on any atom is -0.493 e. The Balaban J connectivity index is 2.30. The maximum absolute atomic E-state index is 5.55. The third-order valence-electron chi connectivity index (χ3n) is 1.80. The Morgan fingerprint density at radius 2 is 2.33 bits per heavy atom. The summed E-state index contributed by atoms with van der Waals surface area (Å²) < 4.78 is 5.55. The highest BCUT2D eigenvalue weighted by atomic mass is 16.5. The Bertz CT molecular complexity index is 197. The molecule has 1 aliphatic rings. The van der Waals surface area contributed by atoms with Crippen molar-refractivity contribution in [1.82, 2.24) is 0 Å². The second-order valence-electron chi connectivity index (χ2n) is 3.06. The highest BCUT2D eigenvalue weighted by Crippen LogP contribution is 2.29. The fourth-order valence-corrected chi connectivity index (χ4v) is 0.931. The normalized spacial score (nSPS) is 18.2. The molecule has 1 rings (SSSR count). The largest absolute Gasteiger partial charge is 0.493 e. The third-order valence-corrected chi connectivity index (χ3v) is 1.80. The van der Waals surface area contributed by atoms with E-state index in [4.69, 9.17) is 4.74 Å². The molecule has 0 aliphatic heterocycles.